The lowest BCUT2D eigenvalue weighted by molar-refractivity contribution is 0.0698. The lowest BCUT2D eigenvalue weighted by Crippen LogP contribution is -2.51. The van der Waals surface area contributed by atoms with Gasteiger partial charge in [-0.25, -0.2) is 9.59 Å². The maximum atomic E-state index is 13.0. The summed E-state index contributed by atoms with van der Waals surface area (Å²) in [7, 11) is 0. The molecule has 0 aliphatic carbocycles. The third-order valence-electron chi connectivity index (χ3n) is 5.96. The topological polar surface area (TPSA) is 72.9 Å². The van der Waals surface area contributed by atoms with E-state index in [-0.39, 0.29) is 23.3 Å². The monoisotopic (exact) mass is 463 g/mol. The number of aryl methyl sites for hydroxylation is 1. The van der Waals surface area contributed by atoms with E-state index >= 15 is 0 Å². The van der Waals surface area contributed by atoms with Gasteiger partial charge in [0.25, 0.3) is 0 Å². The molecule has 2 amide bonds. The number of benzene rings is 3. The SMILES string of the molecule is Cc1cc(Cl)cc(C(=O)O)c1NC(=O)N1CCN(C(c2ccccc2)c2ccccc2)CC1. The van der Waals surface area contributed by atoms with Crippen molar-refractivity contribution in [3.05, 3.63) is 100 Å². The number of hydrogen-bond acceptors (Lipinski definition) is 3. The molecule has 0 saturated carbocycles. The van der Waals surface area contributed by atoms with E-state index in [2.05, 4.69) is 34.5 Å². The summed E-state index contributed by atoms with van der Waals surface area (Å²) >= 11 is 6.01. The molecule has 0 radical (unpaired) electrons. The highest BCUT2D eigenvalue weighted by molar-refractivity contribution is 6.31. The molecule has 3 aromatic rings. The van der Waals surface area contributed by atoms with Crippen molar-refractivity contribution in [2.45, 2.75) is 13.0 Å². The number of rotatable bonds is 5. The normalized spacial score (nSPS) is 14.3. The zero-order chi connectivity index (χ0) is 23.4. The molecule has 1 heterocycles. The van der Waals surface area contributed by atoms with Crippen molar-refractivity contribution < 1.29 is 14.7 Å². The lowest BCUT2D eigenvalue weighted by Gasteiger charge is -2.39. The summed E-state index contributed by atoms with van der Waals surface area (Å²) in [5.74, 6) is -1.13. The summed E-state index contributed by atoms with van der Waals surface area (Å²) in [4.78, 5) is 28.7. The summed E-state index contributed by atoms with van der Waals surface area (Å²) < 4.78 is 0. The Morgan fingerprint density at radius 3 is 1.97 bits per heavy atom. The van der Waals surface area contributed by atoms with Gasteiger partial charge in [0.15, 0.2) is 0 Å². The van der Waals surface area contributed by atoms with Crippen LogP contribution in [-0.2, 0) is 0 Å². The van der Waals surface area contributed by atoms with Crippen LogP contribution in [0.1, 0.15) is 33.1 Å². The first-order chi connectivity index (χ1) is 15.9. The molecule has 0 aromatic heterocycles. The molecule has 1 aliphatic rings. The predicted molar refractivity (Wildman–Crippen MR) is 130 cm³/mol. The zero-order valence-electron chi connectivity index (χ0n) is 18.4. The summed E-state index contributed by atoms with van der Waals surface area (Å²) in [6.07, 6.45) is 0. The Kier molecular flexibility index (Phi) is 6.96. The first-order valence-corrected chi connectivity index (χ1v) is 11.2. The average molecular weight is 464 g/mol. The number of piperazine rings is 1. The highest BCUT2D eigenvalue weighted by Crippen LogP contribution is 2.30. The van der Waals surface area contributed by atoms with E-state index < -0.39 is 5.97 Å². The standard InChI is InChI=1S/C26H26ClN3O3/c1-18-16-21(27)17-22(25(31)32)23(18)28-26(33)30-14-12-29(13-15-30)24(19-8-4-2-5-9-19)20-10-6-3-7-11-20/h2-11,16-17,24H,12-15H2,1H3,(H,28,33)(H,31,32). The lowest BCUT2D eigenvalue weighted by atomic mass is 9.96. The van der Waals surface area contributed by atoms with Crippen LogP contribution < -0.4 is 5.32 Å². The molecule has 6 nitrogen and oxygen atoms in total. The molecule has 1 fully saturated rings. The molecule has 0 atom stereocenters. The largest absolute Gasteiger partial charge is 0.478 e. The minimum absolute atomic E-state index is 0.0137. The molecular formula is C26H26ClN3O3. The van der Waals surface area contributed by atoms with Crippen LogP contribution in [0.4, 0.5) is 10.5 Å². The van der Waals surface area contributed by atoms with Crippen LogP contribution in [0, 0.1) is 6.92 Å². The molecule has 3 aromatic carbocycles. The third kappa shape index (κ3) is 5.18. The van der Waals surface area contributed by atoms with Gasteiger partial charge in [-0.15, -0.1) is 0 Å². The van der Waals surface area contributed by atoms with Crippen molar-refractivity contribution in [1.29, 1.82) is 0 Å². The summed E-state index contributed by atoms with van der Waals surface area (Å²) in [6, 6.07) is 23.5. The molecule has 2 N–H and O–H groups in total. The number of carboxylic acids is 1. The van der Waals surface area contributed by atoms with E-state index in [0.717, 1.165) is 0 Å². The van der Waals surface area contributed by atoms with Gasteiger partial charge in [-0.05, 0) is 35.7 Å². The van der Waals surface area contributed by atoms with E-state index in [1.54, 1.807) is 17.9 Å². The van der Waals surface area contributed by atoms with Gasteiger partial charge in [0.2, 0.25) is 0 Å². The molecule has 33 heavy (non-hydrogen) atoms. The van der Waals surface area contributed by atoms with E-state index in [1.165, 1.54) is 17.2 Å². The van der Waals surface area contributed by atoms with Crippen LogP contribution in [-0.4, -0.2) is 53.1 Å². The van der Waals surface area contributed by atoms with Crippen LogP contribution in [0.5, 0.6) is 0 Å². The molecule has 7 heteroatoms. The number of amides is 2. The average Bonchev–Trinajstić information content (AvgIpc) is 2.82. The number of hydrogen-bond donors (Lipinski definition) is 2. The highest BCUT2D eigenvalue weighted by Gasteiger charge is 2.29. The fourth-order valence-corrected chi connectivity index (χ4v) is 4.60. The van der Waals surface area contributed by atoms with Crippen LogP contribution >= 0.6 is 11.6 Å². The molecule has 0 unspecified atom stereocenters. The number of nitrogens with zero attached hydrogens (tertiary/aromatic N) is 2. The summed E-state index contributed by atoms with van der Waals surface area (Å²) in [5, 5.41) is 12.6. The van der Waals surface area contributed by atoms with Gasteiger partial charge in [0.1, 0.15) is 0 Å². The molecule has 170 valence electrons. The molecule has 1 aliphatic heterocycles. The van der Waals surface area contributed by atoms with Gasteiger partial charge in [-0.2, -0.15) is 0 Å². The molecular weight excluding hydrogens is 438 g/mol. The molecule has 4 rings (SSSR count). The van der Waals surface area contributed by atoms with Crippen molar-refractivity contribution in [2.75, 3.05) is 31.5 Å². The third-order valence-corrected chi connectivity index (χ3v) is 6.18. The van der Waals surface area contributed by atoms with Gasteiger partial charge < -0.3 is 15.3 Å². The first kappa shape index (κ1) is 22.8. The van der Waals surface area contributed by atoms with Crippen LogP contribution in [0.15, 0.2) is 72.8 Å². The Labute approximate surface area is 198 Å². The van der Waals surface area contributed by atoms with Crippen molar-refractivity contribution in [2.24, 2.45) is 0 Å². The zero-order valence-corrected chi connectivity index (χ0v) is 19.1. The minimum Gasteiger partial charge on any atom is -0.478 e. The molecule has 0 bridgehead atoms. The number of carbonyl (C=O) groups excluding carboxylic acids is 1. The summed E-state index contributed by atoms with van der Waals surface area (Å²) in [5.41, 5.74) is 3.31. The quantitative estimate of drug-likeness (QED) is 0.539. The van der Waals surface area contributed by atoms with Gasteiger partial charge in [-0.3, -0.25) is 4.90 Å². The van der Waals surface area contributed by atoms with Gasteiger partial charge in [0, 0.05) is 31.2 Å². The Morgan fingerprint density at radius 2 is 1.45 bits per heavy atom. The first-order valence-electron chi connectivity index (χ1n) is 10.9. The summed E-state index contributed by atoms with van der Waals surface area (Å²) in [6.45, 7) is 4.21. The Morgan fingerprint density at radius 1 is 0.909 bits per heavy atom. The minimum atomic E-state index is -1.13. The Balaban J connectivity index is 1.48. The Hall–Kier alpha value is -3.35. The number of nitrogens with one attached hydrogen (secondary N) is 1. The van der Waals surface area contributed by atoms with Gasteiger partial charge >= 0.3 is 12.0 Å². The number of carbonyl (C=O) groups is 2. The second kappa shape index (κ2) is 10.1. The number of aromatic carboxylic acids is 1. The van der Waals surface area contributed by atoms with Gasteiger partial charge in [-0.1, -0.05) is 72.3 Å². The van der Waals surface area contributed by atoms with Crippen molar-refractivity contribution >= 4 is 29.3 Å². The van der Waals surface area contributed by atoms with Crippen molar-refractivity contribution in [3.8, 4) is 0 Å². The van der Waals surface area contributed by atoms with Crippen molar-refractivity contribution in [1.82, 2.24) is 9.80 Å². The van der Waals surface area contributed by atoms with E-state index in [9.17, 15) is 14.7 Å². The number of carboxylic acid groups (broad SMARTS) is 1. The smallest absolute Gasteiger partial charge is 0.337 e. The van der Waals surface area contributed by atoms with Crippen LogP contribution in [0.3, 0.4) is 0 Å². The number of halogens is 1. The molecule has 1 saturated heterocycles. The number of urea groups is 1. The van der Waals surface area contributed by atoms with Gasteiger partial charge in [0.05, 0.1) is 17.3 Å². The Bertz CT molecular complexity index is 1090. The highest BCUT2D eigenvalue weighted by atomic mass is 35.5. The maximum Gasteiger partial charge on any atom is 0.337 e. The number of anilines is 1. The van der Waals surface area contributed by atoms with Crippen LogP contribution in [0.2, 0.25) is 5.02 Å². The van der Waals surface area contributed by atoms with E-state index in [4.69, 9.17) is 11.6 Å². The van der Waals surface area contributed by atoms with Crippen LogP contribution in [0.25, 0.3) is 0 Å². The fraction of sp³-hybridized carbons (Fsp3) is 0.231. The maximum absolute atomic E-state index is 13.0. The van der Waals surface area contributed by atoms with E-state index in [0.29, 0.717) is 36.8 Å². The predicted octanol–water partition coefficient (Wildman–Crippen LogP) is 5.29. The second-order valence-electron chi connectivity index (χ2n) is 8.13. The van der Waals surface area contributed by atoms with E-state index in [1.807, 2.05) is 36.4 Å². The second-order valence-corrected chi connectivity index (χ2v) is 8.56. The molecule has 0 spiro atoms. The fourth-order valence-electron chi connectivity index (χ4n) is 4.33. The van der Waals surface area contributed by atoms with Crippen molar-refractivity contribution in [3.63, 3.8) is 0 Å².